The van der Waals surface area contributed by atoms with E-state index in [4.69, 9.17) is 9.97 Å². The summed E-state index contributed by atoms with van der Waals surface area (Å²) >= 11 is 0. The van der Waals surface area contributed by atoms with E-state index in [1.165, 1.54) is 5.56 Å². The Hall–Kier alpha value is -3.67. The molecule has 12 heteroatoms. The van der Waals surface area contributed by atoms with Crippen LogP contribution in [0.2, 0.25) is 0 Å². The lowest BCUT2D eigenvalue weighted by Crippen LogP contribution is -2.48. The van der Waals surface area contributed by atoms with Gasteiger partial charge in [0.1, 0.15) is 11.5 Å². The number of hydrazine groups is 1. The summed E-state index contributed by atoms with van der Waals surface area (Å²) in [5, 5.41) is 0. The zero-order valence-corrected chi connectivity index (χ0v) is 18.8. The van der Waals surface area contributed by atoms with Gasteiger partial charge in [0.2, 0.25) is 11.9 Å². The molecule has 0 radical (unpaired) electrons. The lowest BCUT2D eigenvalue weighted by Gasteiger charge is -2.36. The zero-order valence-electron chi connectivity index (χ0n) is 18.8. The Kier molecular flexibility index (Phi) is 5.32. The second-order valence-electron chi connectivity index (χ2n) is 8.84. The molecule has 1 atom stereocenters. The highest BCUT2D eigenvalue weighted by Gasteiger charge is 2.36. The number of anilines is 4. The first-order chi connectivity index (χ1) is 17.0. The predicted molar refractivity (Wildman–Crippen MR) is 125 cm³/mol. The molecule has 1 aromatic carbocycles. The van der Waals surface area contributed by atoms with E-state index in [0.717, 1.165) is 49.0 Å². The Morgan fingerprint density at radius 1 is 0.886 bits per heavy atom. The molecule has 1 fully saturated rings. The Labute approximate surface area is 200 Å². The molecule has 2 aromatic heterocycles. The van der Waals surface area contributed by atoms with Gasteiger partial charge >= 0.3 is 6.18 Å². The van der Waals surface area contributed by atoms with Gasteiger partial charge in [-0.25, -0.2) is 15.4 Å². The van der Waals surface area contributed by atoms with Crippen molar-refractivity contribution < 1.29 is 13.2 Å². The number of nitrogens with zero attached hydrogens (tertiary/aromatic N) is 7. The van der Waals surface area contributed by atoms with Gasteiger partial charge in [0.25, 0.3) is 0 Å². The minimum Gasteiger partial charge on any atom is -0.352 e. The maximum Gasteiger partial charge on any atom is 0.433 e. The minimum absolute atomic E-state index is 0.0900. The van der Waals surface area contributed by atoms with Crippen LogP contribution in [0.4, 0.5) is 36.7 Å². The van der Waals surface area contributed by atoms with Crippen molar-refractivity contribution >= 4 is 23.5 Å². The molecule has 1 saturated heterocycles. The van der Waals surface area contributed by atoms with Crippen molar-refractivity contribution in [3.8, 4) is 0 Å². The van der Waals surface area contributed by atoms with Crippen molar-refractivity contribution in [1.29, 1.82) is 0 Å². The zero-order chi connectivity index (χ0) is 24.0. The fourth-order valence-corrected chi connectivity index (χ4v) is 4.80. The lowest BCUT2D eigenvalue weighted by atomic mass is 10.0. The third-order valence-corrected chi connectivity index (χ3v) is 6.61. The highest BCUT2D eigenvalue weighted by atomic mass is 19.4. The van der Waals surface area contributed by atoms with Crippen molar-refractivity contribution in [2.24, 2.45) is 0 Å². The van der Waals surface area contributed by atoms with Crippen LogP contribution in [0.3, 0.4) is 0 Å². The standard InChI is InChI=1S/C23H24F3N9/c24-23(25,26)17-6-8-27-21(28-17)33-10-12-34(13-11-33)22-29-19-18-16(31-32-19)7-9-35(20(18)30-22)14-15-4-2-1-3-5-15/h1-6,8,16,31H,7,9-14H2,(H,29,30,32). The van der Waals surface area contributed by atoms with Crippen LogP contribution in [0.25, 0.3) is 0 Å². The number of benzene rings is 1. The number of hydrogen-bond acceptors (Lipinski definition) is 9. The Balaban J connectivity index is 1.22. The molecule has 1 unspecified atom stereocenters. The largest absolute Gasteiger partial charge is 0.433 e. The van der Waals surface area contributed by atoms with Crippen molar-refractivity contribution in [2.75, 3.05) is 52.8 Å². The maximum absolute atomic E-state index is 13.1. The molecule has 0 saturated carbocycles. The van der Waals surface area contributed by atoms with Crippen LogP contribution < -0.4 is 25.6 Å². The average molecular weight is 484 g/mol. The van der Waals surface area contributed by atoms with E-state index in [9.17, 15) is 13.2 Å². The first-order valence-electron chi connectivity index (χ1n) is 11.6. The summed E-state index contributed by atoms with van der Waals surface area (Å²) in [6.07, 6.45) is -2.38. The van der Waals surface area contributed by atoms with E-state index < -0.39 is 11.9 Å². The average Bonchev–Trinajstić information content (AvgIpc) is 3.30. The van der Waals surface area contributed by atoms with E-state index in [2.05, 4.69) is 42.8 Å². The number of alkyl halides is 3. The Bertz CT molecular complexity index is 1210. The highest BCUT2D eigenvalue weighted by Crippen LogP contribution is 2.41. The third-order valence-electron chi connectivity index (χ3n) is 6.61. The molecular formula is C23H24F3N9. The first-order valence-corrected chi connectivity index (χ1v) is 11.6. The summed E-state index contributed by atoms with van der Waals surface area (Å²) in [4.78, 5) is 23.6. The molecule has 2 N–H and O–H groups in total. The molecule has 35 heavy (non-hydrogen) atoms. The number of aromatic nitrogens is 4. The smallest absolute Gasteiger partial charge is 0.352 e. The molecule has 182 valence electrons. The van der Waals surface area contributed by atoms with E-state index in [1.807, 2.05) is 18.2 Å². The van der Waals surface area contributed by atoms with Gasteiger partial charge in [0.05, 0.1) is 11.6 Å². The van der Waals surface area contributed by atoms with E-state index in [1.54, 1.807) is 4.90 Å². The van der Waals surface area contributed by atoms with Gasteiger partial charge in [-0.1, -0.05) is 30.3 Å². The lowest BCUT2D eigenvalue weighted by molar-refractivity contribution is -0.141. The van der Waals surface area contributed by atoms with Gasteiger partial charge in [-0.15, -0.1) is 0 Å². The van der Waals surface area contributed by atoms with Gasteiger partial charge < -0.3 is 20.1 Å². The highest BCUT2D eigenvalue weighted by molar-refractivity contribution is 5.67. The number of halogens is 3. The Morgan fingerprint density at radius 3 is 2.37 bits per heavy atom. The van der Waals surface area contributed by atoms with Crippen LogP contribution >= 0.6 is 0 Å². The van der Waals surface area contributed by atoms with Crippen LogP contribution in [0.5, 0.6) is 0 Å². The normalized spacial score (nSPS) is 19.5. The van der Waals surface area contributed by atoms with Crippen molar-refractivity contribution in [2.45, 2.75) is 25.2 Å². The van der Waals surface area contributed by atoms with Gasteiger partial charge in [-0.3, -0.25) is 0 Å². The summed E-state index contributed by atoms with van der Waals surface area (Å²) in [6, 6.07) is 11.4. The quantitative estimate of drug-likeness (QED) is 0.582. The molecule has 3 aromatic rings. The Morgan fingerprint density at radius 2 is 1.63 bits per heavy atom. The van der Waals surface area contributed by atoms with Crippen LogP contribution in [0, 0.1) is 0 Å². The fraction of sp³-hybridized carbons (Fsp3) is 0.391. The van der Waals surface area contributed by atoms with E-state index in [0.29, 0.717) is 32.1 Å². The number of rotatable bonds is 4. The molecular weight excluding hydrogens is 459 g/mol. The molecule has 9 nitrogen and oxygen atoms in total. The molecule has 0 amide bonds. The monoisotopic (exact) mass is 483 g/mol. The minimum atomic E-state index is -4.50. The maximum atomic E-state index is 13.1. The van der Waals surface area contributed by atoms with Crippen molar-refractivity contribution in [3.05, 3.63) is 59.4 Å². The summed E-state index contributed by atoms with van der Waals surface area (Å²) in [5.41, 5.74) is 7.89. The number of nitrogens with one attached hydrogen (secondary N) is 2. The van der Waals surface area contributed by atoms with Gasteiger partial charge in [-0.05, 0) is 18.1 Å². The summed E-state index contributed by atoms with van der Waals surface area (Å²) in [5.74, 6) is 2.41. The summed E-state index contributed by atoms with van der Waals surface area (Å²) in [7, 11) is 0. The fourth-order valence-electron chi connectivity index (χ4n) is 4.80. The van der Waals surface area contributed by atoms with Crippen molar-refractivity contribution in [3.63, 3.8) is 0 Å². The topological polar surface area (TPSA) is 85.3 Å². The SMILES string of the molecule is FC(F)(F)c1ccnc(N2CCN(c3nc4c5c(n3)N(Cc3ccccc3)CCC5NN4)CC2)n1. The summed E-state index contributed by atoms with van der Waals surface area (Å²) in [6.45, 7) is 3.67. The predicted octanol–water partition coefficient (Wildman–Crippen LogP) is 2.99. The molecule has 0 bridgehead atoms. The van der Waals surface area contributed by atoms with Crippen molar-refractivity contribution in [1.82, 2.24) is 25.4 Å². The van der Waals surface area contributed by atoms with Gasteiger partial charge in [-0.2, -0.15) is 23.1 Å². The number of piperazine rings is 1. The second kappa shape index (κ2) is 8.52. The van der Waals surface area contributed by atoms with Gasteiger partial charge in [0.15, 0.2) is 5.82 Å². The first kappa shape index (κ1) is 21.8. The van der Waals surface area contributed by atoms with Gasteiger partial charge in [0, 0.05) is 45.5 Å². The van der Waals surface area contributed by atoms with E-state index >= 15 is 0 Å². The third kappa shape index (κ3) is 4.18. The molecule has 0 spiro atoms. The molecule has 5 heterocycles. The molecule has 0 aliphatic carbocycles. The summed E-state index contributed by atoms with van der Waals surface area (Å²) < 4.78 is 39.2. The van der Waals surface area contributed by atoms with Crippen LogP contribution in [-0.2, 0) is 12.7 Å². The van der Waals surface area contributed by atoms with E-state index in [-0.39, 0.29) is 12.0 Å². The van der Waals surface area contributed by atoms with Crippen LogP contribution in [0.1, 0.15) is 29.3 Å². The molecule has 3 aliphatic heterocycles. The van der Waals surface area contributed by atoms with Crippen LogP contribution in [0.15, 0.2) is 42.6 Å². The second-order valence-corrected chi connectivity index (χ2v) is 8.84. The molecule has 6 rings (SSSR count). The van der Waals surface area contributed by atoms with Crippen LogP contribution in [-0.4, -0.2) is 52.7 Å². The number of hydrogen-bond donors (Lipinski definition) is 2. The molecule has 3 aliphatic rings.